The molecule has 138 valence electrons. The maximum atomic E-state index is 12.9. The summed E-state index contributed by atoms with van der Waals surface area (Å²) in [5, 5.41) is 0. The van der Waals surface area contributed by atoms with Crippen LogP contribution in [-0.2, 0) is 9.59 Å². The van der Waals surface area contributed by atoms with Crippen LogP contribution in [0.1, 0.15) is 22.3 Å². The molecule has 0 radical (unpaired) electrons. The first-order valence-corrected chi connectivity index (χ1v) is 9.57. The summed E-state index contributed by atoms with van der Waals surface area (Å²) in [7, 11) is 0. The number of benzene rings is 2. The fraction of sp³-hybridized carbons (Fsp3) is 0.208. The van der Waals surface area contributed by atoms with Gasteiger partial charge in [-0.2, -0.15) is 0 Å². The van der Waals surface area contributed by atoms with Crippen LogP contribution >= 0.6 is 0 Å². The molecule has 4 heteroatoms. The monoisotopic (exact) mass is 369 g/mol. The number of rotatable bonds is 4. The molecule has 2 bridgehead atoms. The van der Waals surface area contributed by atoms with Crippen LogP contribution in [0.4, 0.5) is 5.69 Å². The van der Waals surface area contributed by atoms with E-state index in [9.17, 15) is 14.4 Å². The quantitative estimate of drug-likeness (QED) is 0.356. The highest BCUT2D eigenvalue weighted by atomic mass is 16.2. The zero-order valence-corrected chi connectivity index (χ0v) is 15.2. The van der Waals surface area contributed by atoms with Crippen molar-refractivity contribution in [1.82, 2.24) is 0 Å². The minimum atomic E-state index is -0.189. The molecule has 0 N–H and O–H groups in total. The van der Waals surface area contributed by atoms with Crippen molar-refractivity contribution in [2.45, 2.75) is 6.42 Å². The fourth-order valence-corrected chi connectivity index (χ4v) is 4.76. The number of amides is 2. The van der Waals surface area contributed by atoms with E-state index in [4.69, 9.17) is 0 Å². The minimum Gasteiger partial charge on any atom is -0.289 e. The molecule has 2 aromatic carbocycles. The Balaban J connectivity index is 1.33. The molecule has 1 heterocycles. The lowest BCUT2D eigenvalue weighted by atomic mass is 9.85. The largest absolute Gasteiger partial charge is 0.289 e. The van der Waals surface area contributed by atoms with E-state index in [2.05, 4.69) is 12.2 Å². The van der Waals surface area contributed by atoms with Crippen LogP contribution in [0.25, 0.3) is 6.08 Å². The molecule has 4 nitrogen and oxygen atoms in total. The molecule has 3 aliphatic rings. The van der Waals surface area contributed by atoms with Crippen molar-refractivity contribution < 1.29 is 14.4 Å². The van der Waals surface area contributed by atoms with Crippen LogP contribution in [0, 0.1) is 23.7 Å². The molecular weight excluding hydrogens is 350 g/mol. The first-order chi connectivity index (χ1) is 13.6. The van der Waals surface area contributed by atoms with Gasteiger partial charge in [-0.1, -0.05) is 60.7 Å². The lowest BCUT2D eigenvalue weighted by Gasteiger charge is -2.17. The Morgan fingerprint density at radius 2 is 1.46 bits per heavy atom. The van der Waals surface area contributed by atoms with Crippen molar-refractivity contribution >= 4 is 29.4 Å². The van der Waals surface area contributed by atoms with E-state index in [-0.39, 0.29) is 41.3 Å². The van der Waals surface area contributed by atoms with Gasteiger partial charge in [0.1, 0.15) is 0 Å². The number of hydrogen-bond acceptors (Lipinski definition) is 3. The van der Waals surface area contributed by atoms with Gasteiger partial charge in [-0.15, -0.1) is 0 Å². The first-order valence-electron chi connectivity index (χ1n) is 9.57. The number of ketones is 1. The predicted octanol–water partition coefficient (Wildman–Crippen LogP) is 3.89. The van der Waals surface area contributed by atoms with Crippen LogP contribution in [-0.4, -0.2) is 17.6 Å². The number of fused-ring (bicyclic) bond motifs is 5. The Morgan fingerprint density at radius 3 is 2.07 bits per heavy atom. The van der Waals surface area contributed by atoms with Gasteiger partial charge in [0.15, 0.2) is 5.78 Å². The number of imide groups is 1. The second-order valence-electron chi connectivity index (χ2n) is 7.67. The molecule has 5 rings (SSSR count). The van der Waals surface area contributed by atoms with Gasteiger partial charge < -0.3 is 0 Å². The lowest BCUT2D eigenvalue weighted by Crippen LogP contribution is -2.32. The number of carbonyl (C=O) groups is 3. The highest BCUT2D eigenvalue weighted by Gasteiger charge is 2.59. The summed E-state index contributed by atoms with van der Waals surface area (Å²) >= 11 is 0. The van der Waals surface area contributed by atoms with Crippen LogP contribution in [0.5, 0.6) is 0 Å². The van der Waals surface area contributed by atoms with E-state index >= 15 is 0 Å². The Labute approximate surface area is 163 Å². The van der Waals surface area contributed by atoms with Crippen LogP contribution in [0.3, 0.4) is 0 Å². The van der Waals surface area contributed by atoms with Crippen LogP contribution < -0.4 is 4.90 Å². The van der Waals surface area contributed by atoms with Gasteiger partial charge in [0.2, 0.25) is 11.8 Å². The summed E-state index contributed by atoms with van der Waals surface area (Å²) in [6.45, 7) is 0. The highest BCUT2D eigenvalue weighted by molar-refractivity contribution is 6.22. The Kier molecular flexibility index (Phi) is 3.86. The number of nitrogens with zero attached hydrogens (tertiary/aromatic N) is 1. The van der Waals surface area contributed by atoms with E-state index in [1.54, 1.807) is 30.3 Å². The average molecular weight is 369 g/mol. The Morgan fingerprint density at radius 1 is 0.857 bits per heavy atom. The van der Waals surface area contributed by atoms with Gasteiger partial charge in [0.05, 0.1) is 17.5 Å². The molecule has 2 aromatic rings. The lowest BCUT2D eigenvalue weighted by molar-refractivity contribution is -0.123. The summed E-state index contributed by atoms with van der Waals surface area (Å²) < 4.78 is 0. The molecular formula is C24H19NO3. The number of allylic oxidation sites excluding steroid dienone is 3. The zero-order valence-electron chi connectivity index (χ0n) is 15.2. The zero-order chi connectivity index (χ0) is 19.3. The molecule has 1 aliphatic heterocycles. The number of anilines is 1. The molecule has 0 spiro atoms. The third kappa shape index (κ3) is 2.56. The second kappa shape index (κ2) is 6.41. The van der Waals surface area contributed by atoms with Gasteiger partial charge in [0, 0.05) is 5.56 Å². The van der Waals surface area contributed by atoms with Crippen molar-refractivity contribution in [2.75, 3.05) is 4.90 Å². The normalized spacial score (nSPS) is 27.8. The molecule has 2 fully saturated rings. The minimum absolute atomic E-state index is 0.0645. The first kappa shape index (κ1) is 16.9. The second-order valence-corrected chi connectivity index (χ2v) is 7.67. The van der Waals surface area contributed by atoms with Crippen molar-refractivity contribution in [3.8, 4) is 0 Å². The maximum Gasteiger partial charge on any atom is 0.238 e. The summed E-state index contributed by atoms with van der Waals surface area (Å²) in [4.78, 5) is 39.2. The van der Waals surface area contributed by atoms with Gasteiger partial charge >= 0.3 is 0 Å². The van der Waals surface area contributed by atoms with Gasteiger partial charge in [-0.25, -0.2) is 0 Å². The molecule has 28 heavy (non-hydrogen) atoms. The summed E-state index contributed by atoms with van der Waals surface area (Å²) in [6, 6.07) is 16.3. The SMILES string of the molecule is O=C(/C=C/c1ccc(N2C(=O)[C@@H]3[C@@H](C2=O)[C@H]2C=C[C@H]3C2)cc1)c1ccccc1. The number of carbonyl (C=O) groups excluding carboxylic acids is 3. The molecule has 0 unspecified atom stereocenters. The average Bonchev–Trinajstić information content (AvgIpc) is 3.41. The van der Waals surface area contributed by atoms with E-state index < -0.39 is 0 Å². The van der Waals surface area contributed by atoms with Crippen molar-refractivity contribution in [1.29, 1.82) is 0 Å². The topological polar surface area (TPSA) is 54.5 Å². The third-order valence-electron chi connectivity index (χ3n) is 6.11. The molecule has 4 atom stereocenters. The van der Waals surface area contributed by atoms with Crippen molar-refractivity contribution in [3.63, 3.8) is 0 Å². The van der Waals surface area contributed by atoms with Crippen molar-refractivity contribution in [2.24, 2.45) is 23.7 Å². The Hall–Kier alpha value is -3.27. The van der Waals surface area contributed by atoms with Crippen LogP contribution in [0.2, 0.25) is 0 Å². The van der Waals surface area contributed by atoms with Crippen LogP contribution in [0.15, 0.2) is 72.8 Å². The van der Waals surface area contributed by atoms with Crippen molar-refractivity contribution in [3.05, 3.63) is 84.0 Å². The number of hydrogen-bond donors (Lipinski definition) is 0. The molecule has 1 saturated carbocycles. The predicted molar refractivity (Wildman–Crippen MR) is 106 cm³/mol. The van der Waals surface area contributed by atoms with E-state index in [1.165, 1.54) is 11.0 Å². The standard InChI is InChI=1S/C24H19NO3/c26-20(16-4-2-1-3-5-16)13-8-15-6-11-19(12-7-15)25-23(27)21-17-9-10-18(14-17)22(21)24(25)28/h1-13,17-18,21-22H,14H2/b13-8+/t17-,18-,21-,22-/m0/s1. The summed E-state index contributed by atoms with van der Waals surface area (Å²) in [5.74, 6) is -0.171. The molecule has 0 aromatic heterocycles. The van der Waals surface area contributed by atoms with E-state index in [1.807, 2.05) is 30.3 Å². The molecule has 2 amide bonds. The smallest absolute Gasteiger partial charge is 0.238 e. The third-order valence-corrected chi connectivity index (χ3v) is 6.11. The van der Waals surface area contributed by atoms with Gasteiger partial charge in [-0.05, 0) is 42.0 Å². The molecule has 1 saturated heterocycles. The van der Waals surface area contributed by atoms with Gasteiger partial charge in [0.25, 0.3) is 0 Å². The highest BCUT2D eigenvalue weighted by Crippen LogP contribution is 2.53. The molecule has 2 aliphatic carbocycles. The van der Waals surface area contributed by atoms with E-state index in [0.29, 0.717) is 11.3 Å². The summed E-state index contributed by atoms with van der Waals surface area (Å²) in [6.07, 6.45) is 8.39. The maximum absolute atomic E-state index is 12.9. The Bertz CT molecular complexity index is 990. The van der Waals surface area contributed by atoms with E-state index in [0.717, 1.165) is 12.0 Å². The summed E-state index contributed by atoms with van der Waals surface area (Å²) in [5.41, 5.74) is 2.09. The fourth-order valence-electron chi connectivity index (χ4n) is 4.76. The van der Waals surface area contributed by atoms with Gasteiger partial charge in [-0.3, -0.25) is 19.3 Å².